The van der Waals surface area contributed by atoms with Gasteiger partial charge < -0.3 is 11.1 Å². The van der Waals surface area contributed by atoms with Gasteiger partial charge in [-0.15, -0.1) is 0 Å². The minimum Gasteiger partial charge on any atom is -0.325 e. The average Bonchev–Trinajstić information content (AvgIpc) is 2.30. The summed E-state index contributed by atoms with van der Waals surface area (Å²) in [5, 5.41) is 2.85. The zero-order valence-corrected chi connectivity index (χ0v) is 11.8. The van der Waals surface area contributed by atoms with E-state index in [-0.39, 0.29) is 11.3 Å². The molecule has 0 bridgehead atoms. The smallest absolute Gasteiger partial charge is 0.241 e. The van der Waals surface area contributed by atoms with Crippen molar-refractivity contribution in [3.8, 4) is 0 Å². The molecule has 1 aromatic rings. The van der Waals surface area contributed by atoms with Crippen molar-refractivity contribution in [1.82, 2.24) is 0 Å². The Morgan fingerprint density at radius 3 is 2.28 bits per heavy atom. The van der Waals surface area contributed by atoms with Crippen LogP contribution in [0.3, 0.4) is 0 Å². The topological polar surface area (TPSA) is 55.1 Å². The lowest BCUT2D eigenvalue weighted by atomic mass is 9.87. The fourth-order valence-corrected chi connectivity index (χ4v) is 1.66. The van der Waals surface area contributed by atoms with Gasteiger partial charge in [-0.05, 0) is 29.5 Å². The molecule has 1 atom stereocenters. The summed E-state index contributed by atoms with van der Waals surface area (Å²) < 4.78 is 0. The van der Waals surface area contributed by atoms with Crippen LogP contribution in [0.2, 0.25) is 0 Å². The van der Waals surface area contributed by atoms with E-state index in [1.165, 1.54) is 5.56 Å². The number of nitrogens with one attached hydrogen (secondary N) is 1. The first-order valence-electron chi connectivity index (χ1n) is 6.50. The Balaban J connectivity index is 2.65. The van der Waals surface area contributed by atoms with Crippen molar-refractivity contribution in [3.63, 3.8) is 0 Å². The number of hydrogen-bond acceptors (Lipinski definition) is 2. The number of anilines is 1. The Bertz CT molecular complexity index is 390. The van der Waals surface area contributed by atoms with E-state index in [0.29, 0.717) is 0 Å². The van der Waals surface area contributed by atoms with Crippen molar-refractivity contribution < 1.29 is 4.79 Å². The van der Waals surface area contributed by atoms with Crippen LogP contribution in [0.5, 0.6) is 0 Å². The van der Waals surface area contributed by atoms with E-state index in [9.17, 15) is 4.79 Å². The van der Waals surface area contributed by atoms with Gasteiger partial charge in [-0.3, -0.25) is 4.79 Å². The first-order valence-corrected chi connectivity index (χ1v) is 6.50. The second-order valence-corrected chi connectivity index (χ2v) is 5.78. The van der Waals surface area contributed by atoms with Gasteiger partial charge in [0.2, 0.25) is 5.91 Å². The number of aryl methyl sites for hydroxylation is 1. The Labute approximate surface area is 110 Å². The molecule has 0 spiro atoms. The summed E-state index contributed by atoms with van der Waals surface area (Å²) in [4.78, 5) is 11.9. The molecule has 1 amide bonds. The summed E-state index contributed by atoms with van der Waals surface area (Å²) in [5.74, 6) is -0.134. The summed E-state index contributed by atoms with van der Waals surface area (Å²) in [5.41, 5.74) is 7.77. The molecular weight excluding hydrogens is 224 g/mol. The number of carbonyl (C=O) groups is 1. The molecule has 1 aromatic carbocycles. The number of amides is 1. The predicted octanol–water partition coefficient (Wildman–Crippen LogP) is 2.95. The van der Waals surface area contributed by atoms with Crippen molar-refractivity contribution in [2.45, 2.75) is 46.6 Å². The molecule has 18 heavy (non-hydrogen) atoms. The van der Waals surface area contributed by atoms with Gasteiger partial charge in [-0.2, -0.15) is 0 Å². The maximum absolute atomic E-state index is 11.9. The Kier molecular flexibility index (Phi) is 4.91. The molecule has 0 aromatic heterocycles. The molecule has 0 aliphatic heterocycles. The normalized spacial score (nSPS) is 13.2. The molecule has 100 valence electrons. The number of hydrogen-bond donors (Lipinski definition) is 2. The molecule has 0 aliphatic carbocycles. The fourth-order valence-electron chi connectivity index (χ4n) is 1.66. The maximum Gasteiger partial charge on any atom is 0.241 e. The van der Waals surface area contributed by atoms with Crippen LogP contribution < -0.4 is 11.1 Å². The SMILES string of the molecule is CCCc1ccc(NC(=O)[C@H](N)C(C)(C)C)cc1. The number of carbonyl (C=O) groups excluding carboxylic acids is 1. The van der Waals surface area contributed by atoms with E-state index in [1.54, 1.807) is 0 Å². The second kappa shape index (κ2) is 6.01. The Morgan fingerprint density at radius 2 is 1.83 bits per heavy atom. The molecular formula is C15H24N2O. The van der Waals surface area contributed by atoms with Gasteiger partial charge in [0, 0.05) is 5.69 Å². The third-order valence-electron chi connectivity index (χ3n) is 2.98. The third-order valence-corrected chi connectivity index (χ3v) is 2.98. The molecule has 0 saturated carbocycles. The molecule has 0 saturated heterocycles. The van der Waals surface area contributed by atoms with Gasteiger partial charge in [-0.25, -0.2) is 0 Å². The van der Waals surface area contributed by atoms with Gasteiger partial charge in [0.15, 0.2) is 0 Å². The Hall–Kier alpha value is -1.35. The molecule has 0 radical (unpaired) electrons. The first-order chi connectivity index (χ1) is 8.34. The fraction of sp³-hybridized carbons (Fsp3) is 0.533. The largest absolute Gasteiger partial charge is 0.325 e. The third kappa shape index (κ3) is 4.15. The van der Waals surface area contributed by atoms with Crippen molar-refractivity contribution >= 4 is 11.6 Å². The molecule has 3 N–H and O–H groups in total. The van der Waals surface area contributed by atoms with Crippen LogP contribution in [0.1, 0.15) is 39.7 Å². The predicted molar refractivity (Wildman–Crippen MR) is 76.5 cm³/mol. The molecule has 1 rings (SSSR count). The Morgan fingerprint density at radius 1 is 1.28 bits per heavy atom. The second-order valence-electron chi connectivity index (χ2n) is 5.78. The van der Waals surface area contributed by atoms with Gasteiger partial charge >= 0.3 is 0 Å². The lowest BCUT2D eigenvalue weighted by Crippen LogP contribution is -2.45. The van der Waals surface area contributed by atoms with Crippen LogP contribution in [-0.2, 0) is 11.2 Å². The van der Waals surface area contributed by atoms with E-state index in [2.05, 4.69) is 12.2 Å². The summed E-state index contributed by atoms with van der Waals surface area (Å²) in [7, 11) is 0. The molecule has 0 unspecified atom stereocenters. The van der Waals surface area contributed by atoms with Crippen LogP contribution in [0.15, 0.2) is 24.3 Å². The minimum atomic E-state index is -0.507. The van der Waals surface area contributed by atoms with E-state index in [4.69, 9.17) is 5.73 Å². The van der Waals surface area contributed by atoms with Crippen molar-refractivity contribution in [3.05, 3.63) is 29.8 Å². The van der Waals surface area contributed by atoms with Crippen LogP contribution in [0.4, 0.5) is 5.69 Å². The van der Waals surface area contributed by atoms with Crippen LogP contribution in [-0.4, -0.2) is 11.9 Å². The van der Waals surface area contributed by atoms with E-state index < -0.39 is 6.04 Å². The summed E-state index contributed by atoms with van der Waals surface area (Å²) in [6.07, 6.45) is 2.19. The highest BCUT2D eigenvalue weighted by atomic mass is 16.2. The van der Waals surface area contributed by atoms with Crippen molar-refractivity contribution in [2.75, 3.05) is 5.32 Å². The molecule has 0 heterocycles. The van der Waals surface area contributed by atoms with Gasteiger partial charge in [-0.1, -0.05) is 46.2 Å². The van der Waals surface area contributed by atoms with E-state index in [0.717, 1.165) is 18.5 Å². The zero-order chi connectivity index (χ0) is 13.8. The standard InChI is InChI=1S/C15H24N2O/c1-5-6-11-7-9-12(10-8-11)17-14(18)13(16)15(2,3)4/h7-10,13H,5-6,16H2,1-4H3,(H,17,18)/t13-/m0/s1. The number of benzene rings is 1. The highest BCUT2D eigenvalue weighted by Crippen LogP contribution is 2.19. The lowest BCUT2D eigenvalue weighted by Gasteiger charge is -2.25. The van der Waals surface area contributed by atoms with Crippen LogP contribution >= 0.6 is 0 Å². The average molecular weight is 248 g/mol. The quantitative estimate of drug-likeness (QED) is 0.860. The lowest BCUT2D eigenvalue weighted by molar-refractivity contribution is -0.119. The maximum atomic E-state index is 11.9. The zero-order valence-electron chi connectivity index (χ0n) is 11.8. The number of rotatable bonds is 4. The van der Waals surface area contributed by atoms with Crippen LogP contribution in [0, 0.1) is 5.41 Å². The highest BCUT2D eigenvalue weighted by Gasteiger charge is 2.27. The highest BCUT2D eigenvalue weighted by molar-refractivity contribution is 5.95. The van der Waals surface area contributed by atoms with E-state index >= 15 is 0 Å². The monoisotopic (exact) mass is 248 g/mol. The molecule has 3 heteroatoms. The molecule has 0 fully saturated rings. The van der Waals surface area contributed by atoms with Gasteiger partial charge in [0.25, 0.3) is 0 Å². The summed E-state index contributed by atoms with van der Waals surface area (Å²) in [6.45, 7) is 8.03. The molecule has 3 nitrogen and oxygen atoms in total. The summed E-state index contributed by atoms with van der Waals surface area (Å²) >= 11 is 0. The first kappa shape index (κ1) is 14.7. The van der Waals surface area contributed by atoms with Gasteiger partial charge in [0.05, 0.1) is 6.04 Å². The van der Waals surface area contributed by atoms with Crippen molar-refractivity contribution in [2.24, 2.45) is 11.1 Å². The number of nitrogens with two attached hydrogens (primary N) is 1. The van der Waals surface area contributed by atoms with Crippen molar-refractivity contribution in [1.29, 1.82) is 0 Å². The molecule has 0 aliphatic rings. The van der Waals surface area contributed by atoms with E-state index in [1.807, 2.05) is 45.0 Å². The minimum absolute atomic E-state index is 0.134. The summed E-state index contributed by atoms with van der Waals surface area (Å²) in [6, 6.07) is 7.44. The van der Waals surface area contributed by atoms with Crippen LogP contribution in [0.25, 0.3) is 0 Å². The van der Waals surface area contributed by atoms with Gasteiger partial charge in [0.1, 0.15) is 0 Å².